The number of anilines is 1. The number of rotatable bonds is 10. The van der Waals surface area contributed by atoms with Gasteiger partial charge in [0.25, 0.3) is 5.91 Å². The molecular formula is C25H26N4O4. The molecule has 33 heavy (non-hydrogen) atoms. The van der Waals surface area contributed by atoms with Crippen molar-refractivity contribution >= 4 is 23.6 Å². The molecule has 8 heteroatoms. The average molecular weight is 447 g/mol. The van der Waals surface area contributed by atoms with Crippen LogP contribution in [0.25, 0.3) is 0 Å². The van der Waals surface area contributed by atoms with E-state index in [0.29, 0.717) is 30.8 Å². The first kappa shape index (κ1) is 23.5. The lowest BCUT2D eigenvalue weighted by Gasteiger charge is -2.09. The van der Waals surface area contributed by atoms with Gasteiger partial charge in [0.05, 0.1) is 12.2 Å². The van der Waals surface area contributed by atoms with Crippen LogP contribution in [-0.2, 0) is 22.7 Å². The van der Waals surface area contributed by atoms with Crippen LogP contribution in [-0.4, -0.2) is 29.4 Å². The maximum Gasteiger partial charge on any atom is 0.407 e. The summed E-state index contributed by atoms with van der Waals surface area (Å²) in [5.41, 5.74) is 2.62. The van der Waals surface area contributed by atoms with Crippen LogP contribution in [0, 0.1) is 0 Å². The van der Waals surface area contributed by atoms with Crippen molar-refractivity contribution in [3.8, 4) is 0 Å². The molecule has 0 saturated carbocycles. The zero-order valence-corrected chi connectivity index (χ0v) is 18.1. The molecule has 0 unspecified atom stereocenters. The highest BCUT2D eigenvalue weighted by atomic mass is 16.5. The van der Waals surface area contributed by atoms with Crippen LogP contribution in [0.15, 0.2) is 79.0 Å². The summed E-state index contributed by atoms with van der Waals surface area (Å²) in [6, 6.07) is 21.6. The quantitative estimate of drug-likeness (QED) is 0.412. The molecule has 3 aromatic rings. The van der Waals surface area contributed by atoms with Crippen molar-refractivity contribution in [2.24, 2.45) is 0 Å². The van der Waals surface area contributed by atoms with Crippen LogP contribution in [0.2, 0.25) is 0 Å². The monoisotopic (exact) mass is 446 g/mol. The minimum absolute atomic E-state index is 0.193. The van der Waals surface area contributed by atoms with Crippen molar-refractivity contribution in [1.29, 1.82) is 0 Å². The number of amides is 3. The Morgan fingerprint density at radius 1 is 0.879 bits per heavy atom. The van der Waals surface area contributed by atoms with Gasteiger partial charge in [-0.05, 0) is 42.3 Å². The van der Waals surface area contributed by atoms with Crippen molar-refractivity contribution in [3.63, 3.8) is 0 Å². The Bertz CT molecular complexity index is 1060. The Kier molecular flexibility index (Phi) is 8.96. The SMILES string of the molecule is O=C(CCCNC(=O)OCc1ccccc1)Nc1cccc(C(=O)NCc2ccccn2)c1. The molecular weight excluding hydrogens is 420 g/mol. The summed E-state index contributed by atoms with van der Waals surface area (Å²) in [7, 11) is 0. The maximum absolute atomic E-state index is 12.4. The van der Waals surface area contributed by atoms with Crippen LogP contribution in [0.4, 0.5) is 10.5 Å². The lowest BCUT2D eigenvalue weighted by atomic mass is 10.1. The number of pyridine rings is 1. The number of benzene rings is 2. The van der Waals surface area contributed by atoms with Gasteiger partial charge in [-0.2, -0.15) is 0 Å². The Morgan fingerprint density at radius 2 is 1.70 bits per heavy atom. The molecule has 1 heterocycles. The molecule has 1 aromatic heterocycles. The molecule has 170 valence electrons. The summed E-state index contributed by atoms with van der Waals surface area (Å²) in [5.74, 6) is -0.463. The normalized spacial score (nSPS) is 10.2. The highest BCUT2D eigenvalue weighted by Crippen LogP contribution is 2.12. The molecule has 0 atom stereocenters. The van der Waals surface area contributed by atoms with Gasteiger partial charge in [0.2, 0.25) is 5.91 Å². The molecule has 2 aromatic carbocycles. The topological polar surface area (TPSA) is 109 Å². The fourth-order valence-electron chi connectivity index (χ4n) is 2.95. The van der Waals surface area contributed by atoms with Crippen LogP contribution in [0.5, 0.6) is 0 Å². The molecule has 3 N–H and O–H groups in total. The second kappa shape index (κ2) is 12.6. The number of nitrogens with zero attached hydrogens (tertiary/aromatic N) is 1. The first-order valence-corrected chi connectivity index (χ1v) is 10.6. The van der Waals surface area contributed by atoms with Crippen LogP contribution in [0.3, 0.4) is 0 Å². The number of carbonyl (C=O) groups excluding carboxylic acids is 3. The van der Waals surface area contributed by atoms with Gasteiger partial charge in [-0.3, -0.25) is 14.6 Å². The third kappa shape index (κ3) is 8.45. The Labute approximate surface area is 192 Å². The highest BCUT2D eigenvalue weighted by Gasteiger charge is 2.09. The van der Waals surface area contributed by atoms with E-state index in [2.05, 4.69) is 20.9 Å². The van der Waals surface area contributed by atoms with Gasteiger partial charge in [-0.1, -0.05) is 42.5 Å². The molecule has 0 radical (unpaired) electrons. The Hall–Kier alpha value is -4.20. The number of alkyl carbamates (subject to hydrolysis) is 1. The van der Waals surface area contributed by atoms with Gasteiger partial charge < -0.3 is 20.7 Å². The zero-order chi connectivity index (χ0) is 23.3. The van der Waals surface area contributed by atoms with Crippen molar-refractivity contribution in [2.75, 3.05) is 11.9 Å². The Morgan fingerprint density at radius 3 is 2.48 bits per heavy atom. The largest absolute Gasteiger partial charge is 0.445 e. The van der Waals surface area contributed by atoms with Gasteiger partial charge in [0, 0.05) is 30.4 Å². The van der Waals surface area contributed by atoms with Crippen molar-refractivity contribution in [1.82, 2.24) is 15.6 Å². The zero-order valence-electron chi connectivity index (χ0n) is 18.1. The van der Waals surface area contributed by atoms with E-state index in [-0.39, 0.29) is 24.8 Å². The molecule has 0 aliphatic carbocycles. The fourth-order valence-corrected chi connectivity index (χ4v) is 2.95. The molecule has 0 aliphatic heterocycles. The van der Waals surface area contributed by atoms with Crippen LogP contribution < -0.4 is 16.0 Å². The summed E-state index contributed by atoms with van der Waals surface area (Å²) >= 11 is 0. The third-order valence-corrected chi connectivity index (χ3v) is 4.63. The van der Waals surface area contributed by atoms with E-state index in [1.54, 1.807) is 30.5 Å². The number of nitrogens with one attached hydrogen (secondary N) is 3. The molecule has 0 bridgehead atoms. The van der Waals surface area contributed by atoms with E-state index < -0.39 is 6.09 Å². The molecule has 0 saturated heterocycles. The second-order valence-electron chi connectivity index (χ2n) is 7.22. The number of hydrogen-bond acceptors (Lipinski definition) is 5. The number of carbonyl (C=O) groups is 3. The fraction of sp³-hybridized carbons (Fsp3) is 0.200. The van der Waals surface area contributed by atoms with Gasteiger partial charge in [-0.25, -0.2) is 4.79 Å². The van der Waals surface area contributed by atoms with Gasteiger partial charge >= 0.3 is 6.09 Å². The Balaban J connectivity index is 1.35. The van der Waals surface area contributed by atoms with Gasteiger partial charge in [-0.15, -0.1) is 0 Å². The molecule has 0 spiro atoms. The highest BCUT2D eigenvalue weighted by molar-refractivity contribution is 5.97. The standard InChI is InChI=1S/C25H26N4O4/c30-23(13-7-15-27-25(32)33-18-19-8-2-1-3-9-19)29-21-12-6-10-20(16-21)24(31)28-17-22-11-4-5-14-26-22/h1-6,8-12,14,16H,7,13,15,17-18H2,(H,27,32)(H,28,31)(H,29,30). The lowest BCUT2D eigenvalue weighted by molar-refractivity contribution is -0.116. The van der Waals surface area contributed by atoms with E-state index >= 15 is 0 Å². The van der Waals surface area contributed by atoms with Gasteiger partial charge in [0.15, 0.2) is 0 Å². The van der Waals surface area contributed by atoms with Gasteiger partial charge in [0.1, 0.15) is 6.61 Å². The van der Waals surface area contributed by atoms with Crippen molar-refractivity contribution in [2.45, 2.75) is 26.0 Å². The van der Waals surface area contributed by atoms with E-state index in [1.165, 1.54) is 0 Å². The average Bonchev–Trinajstić information content (AvgIpc) is 2.85. The van der Waals surface area contributed by atoms with Crippen LogP contribution >= 0.6 is 0 Å². The molecule has 3 amide bonds. The maximum atomic E-state index is 12.4. The first-order valence-electron chi connectivity index (χ1n) is 10.6. The third-order valence-electron chi connectivity index (χ3n) is 4.63. The minimum Gasteiger partial charge on any atom is -0.445 e. The molecule has 8 nitrogen and oxygen atoms in total. The number of hydrogen-bond donors (Lipinski definition) is 3. The first-order chi connectivity index (χ1) is 16.1. The lowest BCUT2D eigenvalue weighted by Crippen LogP contribution is -2.26. The second-order valence-corrected chi connectivity index (χ2v) is 7.22. The van der Waals surface area contributed by atoms with E-state index in [0.717, 1.165) is 11.3 Å². The summed E-state index contributed by atoms with van der Waals surface area (Å²) in [4.78, 5) is 40.5. The summed E-state index contributed by atoms with van der Waals surface area (Å²) in [5, 5.41) is 8.20. The van der Waals surface area contributed by atoms with Crippen LogP contribution in [0.1, 0.15) is 34.5 Å². The van der Waals surface area contributed by atoms with E-state index in [1.807, 2.05) is 48.5 Å². The van der Waals surface area contributed by atoms with E-state index in [9.17, 15) is 14.4 Å². The molecule has 0 fully saturated rings. The van der Waals surface area contributed by atoms with Crippen molar-refractivity contribution < 1.29 is 19.1 Å². The summed E-state index contributed by atoms with van der Waals surface area (Å²) < 4.78 is 5.12. The molecule has 0 aliphatic rings. The number of aromatic nitrogens is 1. The smallest absolute Gasteiger partial charge is 0.407 e. The van der Waals surface area contributed by atoms with Crippen molar-refractivity contribution in [3.05, 3.63) is 95.8 Å². The predicted octanol–water partition coefficient (Wildman–Crippen LogP) is 3.66. The summed E-state index contributed by atoms with van der Waals surface area (Å²) in [6.45, 7) is 0.826. The minimum atomic E-state index is -0.524. The number of ether oxygens (including phenoxy) is 1. The molecule has 3 rings (SSSR count). The summed E-state index contributed by atoms with van der Waals surface area (Å²) in [6.07, 6.45) is 1.82. The van der Waals surface area contributed by atoms with E-state index in [4.69, 9.17) is 4.74 Å². The predicted molar refractivity (Wildman–Crippen MR) is 124 cm³/mol.